The van der Waals surface area contributed by atoms with E-state index in [-0.39, 0.29) is 11.5 Å². The van der Waals surface area contributed by atoms with Crippen molar-refractivity contribution in [3.63, 3.8) is 0 Å². The number of nitrogens with zero attached hydrogens (tertiary/aromatic N) is 3. The van der Waals surface area contributed by atoms with Crippen LogP contribution in [-0.2, 0) is 0 Å². The highest BCUT2D eigenvalue weighted by molar-refractivity contribution is 5.90. The molecule has 1 aliphatic rings. The van der Waals surface area contributed by atoms with Gasteiger partial charge in [-0.05, 0) is 22.1 Å². The predicted molar refractivity (Wildman–Crippen MR) is 95.4 cm³/mol. The minimum Gasteiger partial charge on any atom is -0.366 e. The summed E-state index contributed by atoms with van der Waals surface area (Å²) < 4.78 is 20.1. The Morgan fingerprint density at radius 3 is 2.37 bits per heavy atom. The number of para-hydroxylation sites is 2. The molecule has 0 spiro atoms. The maximum absolute atomic E-state index is 14.0. The monoisotopic (exact) mass is 369 g/mol. The summed E-state index contributed by atoms with van der Waals surface area (Å²) in [6, 6.07) is 15.5. The second kappa shape index (κ2) is 7.06. The lowest BCUT2D eigenvalue weighted by molar-refractivity contribution is -0.672. The van der Waals surface area contributed by atoms with Gasteiger partial charge in [-0.15, -0.1) is 0 Å². The van der Waals surface area contributed by atoms with Crippen molar-refractivity contribution in [2.75, 3.05) is 31.1 Å². The highest BCUT2D eigenvalue weighted by Crippen LogP contribution is 2.20. The van der Waals surface area contributed by atoms with Crippen LogP contribution in [0, 0.1) is 5.82 Å². The third-order valence-electron chi connectivity index (χ3n) is 4.62. The van der Waals surface area contributed by atoms with Crippen LogP contribution in [0.2, 0.25) is 0 Å². The van der Waals surface area contributed by atoms with E-state index in [1.54, 1.807) is 47.4 Å². The molecule has 138 valence electrons. The Bertz CT molecular complexity index is 1010. The molecule has 3 aromatic rings. The van der Waals surface area contributed by atoms with Crippen LogP contribution in [0.3, 0.4) is 0 Å². The highest BCUT2D eigenvalue weighted by atomic mass is 19.1. The molecule has 1 aliphatic heterocycles. The predicted octanol–water partition coefficient (Wildman–Crippen LogP) is 1.35. The molecule has 1 aromatic heterocycles. The largest absolute Gasteiger partial charge is 0.441 e. The van der Waals surface area contributed by atoms with Gasteiger partial charge in [0.05, 0.1) is 5.69 Å². The Balaban J connectivity index is 1.53. The summed E-state index contributed by atoms with van der Waals surface area (Å²) in [6.07, 6.45) is 0. The zero-order valence-corrected chi connectivity index (χ0v) is 14.5. The number of halogens is 1. The van der Waals surface area contributed by atoms with Crippen LogP contribution in [0.15, 0.2) is 63.9 Å². The zero-order valence-electron chi connectivity index (χ0n) is 14.5. The molecule has 1 amide bonds. The van der Waals surface area contributed by atoms with Crippen LogP contribution >= 0.6 is 0 Å². The summed E-state index contributed by atoms with van der Waals surface area (Å²) in [5, 5.41) is 2.47. The number of H-pyrrole nitrogens is 1. The summed E-state index contributed by atoms with van der Waals surface area (Å²) >= 11 is 0. The number of hydrogen-bond donors (Lipinski definition) is 1. The van der Waals surface area contributed by atoms with Gasteiger partial charge in [0.1, 0.15) is 5.82 Å². The van der Waals surface area contributed by atoms with Gasteiger partial charge in [0.15, 0.2) is 0 Å². The van der Waals surface area contributed by atoms with Crippen LogP contribution in [-0.4, -0.2) is 42.3 Å². The summed E-state index contributed by atoms with van der Waals surface area (Å²) in [4.78, 5) is 28.5. The van der Waals surface area contributed by atoms with Gasteiger partial charge in [-0.3, -0.25) is 9.32 Å². The van der Waals surface area contributed by atoms with Gasteiger partial charge in [-0.25, -0.2) is 9.18 Å². The third kappa shape index (κ3) is 3.21. The Morgan fingerprint density at radius 2 is 1.67 bits per heavy atom. The number of carbonyl (C=O) groups excluding carboxylic acids is 1. The number of piperazine rings is 1. The molecular weight excluding hydrogens is 351 g/mol. The van der Waals surface area contributed by atoms with Crippen molar-refractivity contribution < 1.29 is 18.4 Å². The number of benzene rings is 2. The minimum atomic E-state index is -0.722. The zero-order chi connectivity index (χ0) is 18.8. The Labute approximate surface area is 154 Å². The molecule has 27 heavy (non-hydrogen) atoms. The maximum atomic E-state index is 14.0. The molecule has 2 heterocycles. The third-order valence-corrected chi connectivity index (χ3v) is 4.62. The number of carbonyl (C=O) groups is 1. The van der Waals surface area contributed by atoms with E-state index in [0.717, 1.165) is 0 Å². The molecule has 0 aliphatic carbocycles. The van der Waals surface area contributed by atoms with E-state index in [0.29, 0.717) is 37.6 Å². The first-order chi connectivity index (χ1) is 13.1. The Kier molecular flexibility index (Phi) is 4.45. The summed E-state index contributed by atoms with van der Waals surface area (Å²) in [5.41, 5.74) is 0.336. The van der Waals surface area contributed by atoms with Crippen molar-refractivity contribution in [2.45, 2.75) is 0 Å². The lowest BCUT2D eigenvalue weighted by atomic mass is 10.2. The van der Waals surface area contributed by atoms with Crippen molar-refractivity contribution in [3.05, 3.63) is 76.5 Å². The molecule has 7 nitrogen and oxygen atoms in total. The van der Waals surface area contributed by atoms with E-state index in [2.05, 4.69) is 5.27 Å². The average molecular weight is 369 g/mol. The summed E-state index contributed by atoms with van der Waals surface area (Å²) in [7, 11) is 0. The quantitative estimate of drug-likeness (QED) is 0.708. The fourth-order valence-electron chi connectivity index (χ4n) is 3.22. The average Bonchev–Trinajstić information content (AvgIpc) is 3.10. The first kappa shape index (κ1) is 17.0. The van der Waals surface area contributed by atoms with Gasteiger partial charge >= 0.3 is 17.2 Å². The molecule has 2 aromatic carbocycles. The van der Waals surface area contributed by atoms with Crippen molar-refractivity contribution in [1.29, 1.82) is 0 Å². The van der Waals surface area contributed by atoms with Crippen molar-refractivity contribution >= 4 is 11.6 Å². The Hall–Kier alpha value is -3.42. The molecule has 0 bridgehead atoms. The topological polar surface area (TPSA) is 73.4 Å². The van der Waals surface area contributed by atoms with Crippen LogP contribution in [0.25, 0.3) is 5.69 Å². The van der Waals surface area contributed by atoms with E-state index in [1.807, 2.05) is 11.0 Å². The molecular formula is C19H18FN4O3+. The smallest absolute Gasteiger partial charge is 0.366 e. The Morgan fingerprint density at radius 1 is 1.00 bits per heavy atom. The number of rotatable bonds is 3. The second-order valence-corrected chi connectivity index (χ2v) is 6.23. The molecule has 8 heteroatoms. The fourth-order valence-corrected chi connectivity index (χ4v) is 3.22. The summed E-state index contributed by atoms with van der Waals surface area (Å²) in [5.74, 6) is -0.701. The van der Waals surface area contributed by atoms with Gasteiger partial charge < -0.3 is 9.80 Å². The van der Waals surface area contributed by atoms with Crippen LogP contribution < -0.4 is 15.2 Å². The molecule has 0 atom stereocenters. The van der Waals surface area contributed by atoms with Crippen LogP contribution in [0.1, 0.15) is 10.5 Å². The fraction of sp³-hybridized carbons (Fsp3) is 0.211. The number of aromatic nitrogens is 2. The van der Waals surface area contributed by atoms with E-state index < -0.39 is 11.5 Å². The van der Waals surface area contributed by atoms with E-state index in [1.165, 1.54) is 10.7 Å². The highest BCUT2D eigenvalue weighted by Gasteiger charge is 2.35. The minimum absolute atomic E-state index is 0.0828. The van der Waals surface area contributed by atoms with Gasteiger partial charge in [-0.2, -0.15) is 0 Å². The first-order valence-corrected chi connectivity index (χ1v) is 8.63. The molecule has 0 radical (unpaired) electrons. The SMILES string of the molecule is O=C(c1c(=O)o[nH][n+]1-c1ccccc1)N1CCN(c2ccccc2F)CC1. The standard InChI is InChI=1S/C19H17FN4O3/c20-15-8-4-5-9-16(15)22-10-12-23(13-11-22)18(25)17-19(26)27-21-24(17)14-6-2-1-3-7-14/h1-9H,10-13H2/p+1. The van der Waals surface area contributed by atoms with Gasteiger partial charge in [0.2, 0.25) is 5.69 Å². The molecule has 4 rings (SSSR count). The second-order valence-electron chi connectivity index (χ2n) is 6.23. The normalized spacial score (nSPS) is 14.4. The lowest BCUT2D eigenvalue weighted by Gasteiger charge is -2.35. The molecule has 0 unspecified atom stereocenters. The number of anilines is 1. The number of nitrogens with one attached hydrogen (secondary N) is 1. The number of aromatic amines is 1. The van der Waals surface area contributed by atoms with Gasteiger partial charge in [0, 0.05) is 38.3 Å². The van der Waals surface area contributed by atoms with Crippen LogP contribution in [0.4, 0.5) is 10.1 Å². The molecule has 1 fully saturated rings. The van der Waals surface area contributed by atoms with E-state index >= 15 is 0 Å². The van der Waals surface area contributed by atoms with Gasteiger partial charge in [0.25, 0.3) is 0 Å². The molecule has 0 saturated carbocycles. The van der Waals surface area contributed by atoms with Crippen molar-refractivity contribution in [1.82, 2.24) is 10.2 Å². The number of amides is 1. The number of hydrogen-bond acceptors (Lipinski definition) is 4. The maximum Gasteiger partial charge on any atom is 0.441 e. The van der Waals surface area contributed by atoms with Gasteiger partial charge in [-0.1, -0.05) is 30.3 Å². The van der Waals surface area contributed by atoms with Crippen molar-refractivity contribution in [3.8, 4) is 5.69 Å². The van der Waals surface area contributed by atoms with E-state index in [9.17, 15) is 14.0 Å². The van der Waals surface area contributed by atoms with Crippen molar-refractivity contribution in [2.24, 2.45) is 0 Å². The molecule has 1 N–H and O–H groups in total. The van der Waals surface area contributed by atoms with E-state index in [4.69, 9.17) is 4.52 Å². The lowest BCUT2D eigenvalue weighted by Crippen LogP contribution is -2.53. The molecule has 1 saturated heterocycles. The van der Waals surface area contributed by atoms with Crippen LogP contribution in [0.5, 0.6) is 0 Å². The first-order valence-electron chi connectivity index (χ1n) is 8.63. The summed E-state index contributed by atoms with van der Waals surface area (Å²) in [6.45, 7) is 1.72.